The van der Waals surface area contributed by atoms with Crippen molar-refractivity contribution in [2.24, 2.45) is 0 Å². The predicted octanol–water partition coefficient (Wildman–Crippen LogP) is 7.66. The van der Waals surface area contributed by atoms with E-state index < -0.39 is 6.10 Å². The van der Waals surface area contributed by atoms with E-state index in [4.69, 9.17) is 36.1 Å². The Morgan fingerprint density at radius 2 is 1.30 bits per heavy atom. The molecule has 1 aliphatic rings. The van der Waals surface area contributed by atoms with Crippen molar-refractivity contribution >= 4 is 23.1 Å². The number of morpholine rings is 1. The highest BCUT2D eigenvalue weighted by Crippen LogP contribution is 2.38. The molecule has 0 radical (unpaired) electrons. The highest BCUT2D eigenvalue weighted by atomic mass is 16.5. The van der Waals surface area contributed by atoms with E-state index in [1.165, 1.54) is 0 Å². The lowest BCUT2D eigenvalue weighted by Crippen LogP contribution is -2.45. The molecule has 3 atom stereocenters. The van der Waals surface area contributed by atoms with Gasteiger partial charge in [-0.25, -0.2) is 0 Å². The number of phenolic OH excluding ortho intramolecular Hbond substituents is 2. The smallest absolute Gasteiger partial charge is 0.188 e. The number of rotatable bonds is 16. The van der Waals surface area contributed by atoms with E-state index in [1.807, 2.05) is 94.5 Å². The topological polar surface area (TPSA) is 239 Å². The molecule has 0 saturated carbocycles. The summed E-state index contributed by atoms with van der Waals surface area (Å²) >= 11 is 0. The minimum atomic E-state index is -0.428. The summed E-state index contributed by atoms with van der Waals surface area (Å²) in [6.45, 7) is 8.87. The maximum absolute atomic E-state index is 11.4. The van der Waals surface area contributed by atoms with Crippen molar-refractivity contribution in [2.75, 3.05) is 55.4 Å². The molecule has 0 aliphatic carbocycles. The normalized spacial score (nSPS) is 15.4. The zero-order valence-electron chi connectivity index (χ0n) is 37.2. The SMILES string of the molecule is CC1CN(c2cc(-c3ccccc3Oc3ccc([C@@H](C)Oc4cc(-c5cccc(CN(C)CCCOc6cc(-c7ccccc7O)nnc6N)c5O)nnc4N)cc3)nnc2N)CC(C)O1. The van der Waals surface area contributed by atoms with E-state index in [-0.39, 0.29) is 35.3 Å². The first-order chi connectivity index (χ1) is 31.9. The summed E-state index contributed by atoms with van der Waals surface area (Å²) in [5, 5.41) is 47.0. The summed E-state index contributed by atoms with van der Waals surface area (Å²) in [5.41, 5.74) is 24.3. The minimum absolute atomic E-state index is 0.0583. The molecule has 0 amide bonds. The molecule has 4 aromatic carbocycles. The fourth-order valence-corrected chi connectivity index (χ4v) is 7.85. The Labute approximate surface area is 382 Å². The summed E-state index contributed by atoms with van der Waals surface area (Å²) in [4.78, 5) is 4.26. The number of nitrogen functional groups attached to an aromatic ring is 3. The molecule has 17 nitrogen and oxygen atoms in total. The average molecular weight is 892 g/mol. The van der Waals surface area contributed by atoms with Gasteiger partial charge in [-0.05, 0) is 88.3 Å². The molecular formula is C49H53N11O6. The number of anilines is 4. The van der Waals surface area contributed by atoms with Crippen LogP contribution in [-0.2, 0) is 11.3 Å². The first kappa shape index (κ1) is 44.8. The van der Waals surface area contributed by atoms with Crippen LogP contribution in [0.3, 0.4) is 0 Å². The number of hydrogen-bond donors (Lipinski definition) is 5. The van der Waals surface area contributed by atoms with Gasteiger partial charge in [0.05, 0.1) is 30.2 Å². The number of aromatic hydroxyl groups is 2. The third-order valence-electron chi connectivity index (χ3n) is 11.1. The molecule has 1 saturated heterocycles. The van der Waals surface area contributed by atoms with Crippen LogP contribution in [0.1, 0.15) is 44.4 Å². The van der Waals surface area contributed by atoms with Crippen LogP contribution >= 0.6 is 0 Å². The van der Waals surface area contributed by atoms with Crippen LogP contribution in [0, 0.1) is 0 Å². The van der Waals surface area contributed by atoms with Gasteiger partial charge >= 0.3 is 0 Å². The minimum Gasteiger partial charge on any atom is -0.507 e. The lowest BCUT2D eigenvalue weighted by molar-refractivity contribution is -0.00519. The van der Waals surface area contributed by atoms with Gasteiger partial charge in [0.15, 0.2) is 29.0 Å². The number of phenols is 2. The van der Waals surface area contributed by atoms with Crippen molar-refractivity contribution in [3.8, 4) is 68.3 Å². The zero-order chi connectivity index (χ0) is 46.3. The Bertz CT molecular complexity index is 2790. The number of ether oxygens (including phenoxy) is 4. The molecule has 7 aromatic rings. The van der Waals surface area contributed by atoms with Crippen molar-refractivity contribution in [1.82, 2.24) is 35.5 Å². The quantitative estimate of drug-likeness (QED) is 0.0585. The first-order valence-electron chi connectivity index (χ1n) is 21.6. The monoisotopic (exact) mass is 891 g/mol. The lowest BCUT2D eigenvalue weighted by Gasteiger charge is -2.37. The second kappa shape index (κ2) is 20.0. The third-order valence-corrected chi connectivity index (χ3v) is 11.1. The van der Waals surface area contributed by atoms with Crippen LogP contribution in [0.5, 0.6) is 34.5 Å². The molecule has 1 aliphatic heterocycles. The second-order valence-corrected chi connectivity index (χ2v) is 16.3. The van der Waals surface area contributed by atoms with Gasteiger partial charge < -0.3 is 56.2 Å². The van der Waals surface area contributed by atoms with Gasteiger partial charge in [-0.2, -0.15) is 0 Å². The standard InChI is InChI=1S/C49H53N11O6/c1-29-26-60(27-30(2)64-29)41-23-38(53-56-47(41)50)36-13-6-8-16-43(36)66-34-19-17-32(18-20-34)31(3)65-45-25-40(55-58-49(45)52)37-14-9-11-33(46(37)62)28-59(4)21-10-22-63-44-24-39(54-57-48(44)51)35-12-5-7-15-42(35)61/h5-9,11-20,23-25,29-31,61-62H,10,21-22,26-28H2,1-4H3,(H2,50,56)(H2,51,57)(H2,52,58)/t29?,30?,31-/m1/s1. The van der Waals surface area contributed by atoms with Gasteiger partial charge in [0, 0.05) is 60.6 Å². The van der Waals surface area contributed by atoms with E-state index >= 15 is 0 Å². The molecule has 17 heteroatoms. The highest BCUT2D eigenvalue weighted by molar-refractivity contribution is 5.75. The van der Waals surface area contributed by atoms with Crippen molar-refractivity contribution < 1.29 is 29.2 Å². The van der Waals surface area contributed by atoms with Crippen LogP contribution in [-0.4, -0.2) is 91.2 Å². The zero-order valence-corrected chi connectivity index (χ0v) is 37.2. The fraction of sp³-hybridized carbons (Fsp3) is 0.265. The number of hydrogen-bond acceptors (Lipinski definition) is 17. The summed E-state index contributed by atoms with van der Waals surface area (Å²) in [6, 6.07) is 32.9. The van der Waals surface area contributed by atoms with Crippen molar-refractivity contribution in [3.05, 3.63) is 120 Å². The first-order valence-corrected chi connectivity index (χ1v) is 21.6. The molecule has 0 bridgehead atoms. The number of nitrogens with two attached hydrogens (primary N) is 3. The highest BCUT2D eigenvalue weighted by Gasteiger charge is 2.25. The van der Waals surface area contributed by atoms with Gasteiger partial charge in [0.25, 0.3) is 0 Å². The molecule has 3 aromatic heterocycles. The Kier molecular flexibility index (Phi) is 13.6. The maximum atomic E-state index is 11.4. The molecule has 8 N–H and O–H groups in total. The Hall–Kier alpha value is -7.76. The summed E-state index contributed by atoms with van der Waals surface area (Å²) in [5.74, 6) is 2.74. The van der Waals surface area contributed by atoms with Crippen molar-refractivity contribution in [1.29, 1.82) is 0 Å². The van der Waals surface area contributed by atoms with Crippen LogP contribution in [0.4, 0.5) is 23.1 Å². The average Bonchev–Trinajstić information content (AvgIpc) is 3.30. The van der Waals surface area contributed by atoms with Crippen LogP contribution in [0.15, 0.2) is 109 Å². The van der Waals surface area contributed by atoms with Gasteiger partial charge in [-0.15, -0.1) is 30.6 Å². The lowest BCUT2D eigenvalue weighted by atomic mass is 10.0. The predicted molar refractivity (Wildman–Crippen MR) is 253 cm³/mol. The van der Waals surface area contributed by atoms with E-state index in [0.717, 1.165) is 16.8 Å². The van der Waals surface area contributed by atoms with E-state index in [2.05, 4.69) is 40.4 Å². The van der Waals surface area contributed by atoms with Gasteiger partial charge in [-0.3, -0.25) is 0 Å². The molecule has 340 valence electrons. The Morgan fingerprint density at radius 1 is 0.697 bits per heavy atom. The van der Waals surface area contributed by atoms with Crippen molar-refractivity contribution in [3.63, 3.8) is 0 Å². The number of benzene rings is 4. The Morgan fingerprint density at radius 3 is 2.03 bits per heavy atom. The van der Waals surface area contributed by atoms with Crippen LogP contribution in [0.2, 0.25) is 0 Å². The number of aromatic nitrogens is 6. The number of nitrogens with zero attached hydrogens (tertiary/aromatic N) is 8. The molecular weight excluding hydrogens is 839 g/mol. The second-order valence-electron chi connectivity index (χ2n) is 16.3. The third kappa shape index (κ3) is 10.4. The maximum Gasteiger partial charge on any atom is 0.188 e. The van der Waals surface area contributed by atoms with Crippen molar-refractivity contribution in [2.45, 2.75) is 52.0 Å². The Balaban J connectivity index is 0.881. The van der Waals surface area contributed by atoms with E-state index in [1.54, 1.807) is 42.5 Å². The summed E-state index contributed by atoms with van der Waals surface area (Å²) < 4.78 is 24.6. The molecule has 0 spiro atoms. The van der Waals surface area contributed by atoms with Gasteiger partial charge in [0.2, 0.25) is 0 Å². The molecule has 8 rings (SSSR count). The molecule has 2 unspecified atom stereocenters. The van der Waals surface area contributed by atoms with E-state index in [9.17, 15) is 10.2 Å². The van der Waals surface area contributed by atoms with Gasteiger partial charge in [-0.1, -0.05) is 48.5 Å². The molecule has 66 heavy (non-hydrogen) atoms. The molecule has 1 fully saturated rings. The van der Waals surface area contributed by atoms with Gasteiger partial charge in [0.1, 0.15) is 40.5 Å². The summed E-state index contributed by atoms with van der Waals surface area (Å²) in [6.07, 6.45) is 0.348. The largest absolute Gasteiger partial charge is 0.507 e. The van der Waals surface area contributed by atoms with E-state index in [0.29, 0.717) is 102 Å². The van der Waals surface area contributed by atoms with Crippen LogP contribution < -0.4 is 36.3 Å². The molecule has 4 heterocycles. The fourth-order valence-electron chi connectivity index (χ4n) is 7.85. The van der Waals surface area contributed by atoms with Crippen LogP contribution in [0.25, 0.3) is 33.8 Å². The number of para-hydroxylation sites is 3. The summed E-state index contributed by atoms with van der Waals surface area (Å²) in [7, 11) is 1.96.